The highest BCUT2D eigenvalue weighted by molar-refractivity contribution is 5.39. The molecule has 2 rings (SSSR count). The van der Waals surface area contributed by atoms with E-state index >= 15 is 0 Å². The van der Waals surface area contributed by atoms with Gasteiger partial charge in [-0.25, -0.2) is 4.98 Å². The molecule has 2 N–H and O–H groups in total. The molecule has 5 heteroatoms. The Morgan fingerprint density at radius 3 is 2.84 bits per heavy atom. The first-order valence-corrected chi connectivity index (χ1v) is 7.22. The molecule has 0 saturated heterocycles. The lowest BCUT2D eigenvalue weighted by atomic mass is 10.2. The predicted octanol–water partition coefficient (Wildman–Crippen LogP) is 2.19. The number of nitrogens with one attached hydrogen (secondary N) is 2. The average molecular weight is 263 g/mol. The molecule has 0 unspecified atom stereocenters. The molecule has 1 aliphatic rings. The second kappa shape index (κ2) is 7.28. The summed E-state index contributed by atoms with van der Waals surface area (Å²) in [5.41, 5.74) is 0. The third-order valence-electron chi connectivity index (χ3n) is 3.43. The first kappa shape index (κ1) is 14.1. The molecule has 0 spiro atoms. The van der Waals surface area contributed by atoms with Crippen LogP contribution in [0.2, 0.25) is 0 Å². The topological polar surface area (TPSA) is 53.1 Å². The van der Waals surface area contributed by atoms with Crippen LogP contribution in [-0.2, 0) is 0 Å². The van der Waals surface area contributed by atoms with E-state index in [2.05, 4.69) is 39.6 Å². The minimum Gasteiger partial charge on any atom is -0.370 e. The zero-order chi connectivity index (χ0) is 13.5. The SMILES string of the molecule is CN(C)CCCNc1ccnc(NC2CCCC2)n1. The molecule has 1 heterocycles. The summed E-state index contributed by atoms with van der Waals surface area (Å²) in [6.45, 7) is 2.03. The van der Waals surface area contributed by atoms with Crippen molar-refractivity contribution in [2.45, 2.75) is 38.1 Å². The van der Waals surface area contributed by atoms with Crippen molar-refractivity contribution in [3.63, 3.8) is 0 Å². The summed E-state index contributed by atoms with van der Waals surface area (Å²) in [4.78, 5) is 11.0. The van der Waals surface area contributed by atoms with Crippen LogP contribution in [0.1, 0.15) is 32.1 Å². The maximum atomic E-state index is 4.51. The van der Waals surface area contributed by atoms with Gasteiger partial charge in [0.05, 0.1) is 0 Å². The highest BCUT2D eigenvalue weighted by Crippen LogP contribution is 2.20. The highest BCUT2D eigenvalue weighted by atomic mass is 15.2. The van der Waals surface area contributed by atoms with Gasteiger partial charge < -0.3 is 15.5 Å². The van der Waals surface area contributed by atoms with Crippen LogP contribution < -0.4 is 10.6 Å². The summed E-state index contributed by atoms with van der Waals surface area (Å²) in [5, 5.41) is 6.77. The monoisotopic (exact) mass is 263 g/mol. The second-order valence-electron chi connectivity index (χ2n) is 5.47. The van der Waals surface area contributed by atoms with Crippen molar-refractivity contribution in [2.75, 3.05) is 37.8 Å². The van der Waals surface area contributed by atoms with E-state index in [1.165, 1.54) is 25.7 Å². The Kier molecular flexibility index (Phi) is 5.39. The van der Waals surface area contributed by atoms with E-state index in [4.69, 9.17) is 0 Å². The predicted molar refractivity (Wildman–Crippen MR) is 79.6 cm³/mol. The molecule has 0 aromatic carbocycles. The van der Waals surface area contributed by atoms with Gasteiger partial charge in [0.2, 0.25) is 5.95 Å². The molecular weight excluding hydrogens is 238 g/mol. The van der Waals surface area contributed by atoms with Crippen LogP contribution in [0.15, 0.2) is 12.3 Å². The van der Waals surface area contributed by atoms with E-state index in [9.17, 15) is 0 Å². The standard InChI is InChI=1S/C14H25N5/c1-19(2)11-5-9-15-13-8-10-16-14(18-13)17-12-6-3-4-7-12/h8,10,12H,3-7,9,11H2,1-2H3,(H2,15,16,17,18). The van der Waals surface area contributed by atoms with Crippen LogP contribution >= 0.6 is 0 Å². The summed E-state index contributed by atoms with van der Waals surface area (Å²) >= 11 is 0. The number of rotatable bonds is 7. The van der Waals surface area contributed by atoms with Crippen molar-refractivity contribution in [3.05, 3.63) is 12.3 Å². The molecule has 0 radical (unpaired) electrons. The third-order valence-corrected chi connectivity index (χ3v) is 3.43. The molecule has 0 aliphatic heterocycles. The second-order valence-corrected chi connectivity index (χ2v) is 5.47. The molecule has 19 heavy (non-hydrogen) atoms. The Morgan fingerprint density at radius 1 is 1.32 bits per heavy atom. The van der Waals surface area contributed by atoms with E-state index in [-0.39, 0.29) is 0 Å². The lowest BCUT2D eigenvalue weighted by Gasteiger charge is -2.13. The Bertz CT molecular complexity index is 374. The van der Waals surface area contributed by atoms with Crippen molar-refractivity contribution in [3.8, 4) is 0 Å². The minimum absolute atomic E-state index is 0.559. The van der Waals surface area contributed by atoms with Gasteiger partial charge >= 0.3 is 0 Å². The Hall–Kier alpha value is -1.36. The Morgan fingerprint density at radius 2 is 2.11 bits per heavy atom. The molecule has 1 aromatic rings. The van der Waals surface area contributed by atoms with Gasteiger partial charge in [0.25, 0.3) is 0 Å². The largest absolute Gasteiger partial charge is 0.370 e. The summed E-state index contributed by atoms with van der Waals surface area (Å²) in [5.74, 6) is 1.67. The number of hydrogen-bond acceptors (Lipinski definition) is 5. The third kappa shape index (κ3) is 5.03. The summed E-state index contributed by atoms with van der Waals surface area (Å²) < 4.78 is 0. The van der Waals surface area contributed by atoms with Gasteiger partial charge in [0.1, 0.15) is 5.82 Å². The summed E-state index contributed by atoms with van der Waals surface area (Å²) in [6.07, 6.45) is 8.05. The molecule has 1 fully saturated rings. The molecule has 1 aliphatic carbocycles. The molecule has 1 saturated carbocycles. The van der Waals surface area contributed by atoms with E-state index in [1.807, 2.05) is 12.3 Å². The molecule has 106 valence electrons. The van der Waals surface area contributed by atoms with Crippen LogP contribution in [-0.4, -0.2) is 48.1 Å². The summed E-state index contributed by atoms with van der Waals surface area (Å²) in [7, 11) is 4.18. The Labute approximate surface area is 115 Å². The molecule has 0 amide bonds. The zero-order valence-electron chi connectivity index (χ0n) is 12.0. The van der Waals surface area contributed by atoms with Crippen molar-refractivity contribution in [1.29, 1.82) is 0 Å². The van der Waals surface area contributed by atoms with Gasteiger partial charge in [-0.3, -0.25) is 0 Å². The van der Waals surface area contributed by atoms with Crippen LogP contribution in [0.3, 0.4) is 0 Å². The van der Waals surface area contributed by atoms with Crippen molar-refractivity contribution < 1.29 is 0 Å². The van der Waals surface area contributed by atoms with Gasteiger partial charge in [-0.05, 0) is 46.0 Å². The van der Waals surface area contributed by atoms with E-state index in [1.54, 1.807) is 0 Å². The van der Waals surface area contributed by atoms with E-state index in [0.29, 0.717) is 6.04 Å². The van der Waals surface area contributed by atoms with Gasteiger partial charge in [-0.2, -0.15) is 4.98 Å². The van der Waals surface area contributed by atoms with Gasteiger partial charge in [0.15, 0.2) is 0 Å². The lowest BCUT2D eigenvalue weighted by Crippen LogP contribution is -2.18. The molecule has 0 bridgehead atoms. The quantitative estimate of drug-likeness (QED) is 0.739. The number of anilines is 2. The fourth-order valence-electron chi connectivity index (χ4n) is 2.39. The lowest BCUT2D eigenvalue weighted by molar-refractivity contribution is 0.405. The zero-order valence-corrected chi connectivity index (χ0v) is 12.0. The fourth-order valence-corrected chi connectivity index (χ4v) is 2.39. The van der Waals surface area contributed by atoms with Crippen LogP contribution in [0.25, 0.3) is 0 Å². The number of hydrogen-bond donors (Lipinski definition) is 2. The normalized spacial score (nSPS) is 15.9. The molecule has 1 aromatic heterocycles. The van der Waals surface area contributed by atoms with Crippen LogP contribution in [0.5, 0.6) is 0 Å². The first-order chi connectivity index (χ1) is 9.24. The van der Waals surface area contributed by atoms with Crippen molar-refractivity contribution in [1.82, 2.24) is 14.9 Å². The van der Waals surface area contributed by atoms with Gasteiger partial charge in [0, 0.05) is 18.8 Å². The van der Waals surface area contributed by atoms with Gasteiger partial charge in [-0.15, -0.1) is 0 Å². The minimum atomic E-state index is 0.559. The van der Waals surface area contributed by atoms with Crippen molar-refractivity contribution in [2.24, 2.45) is 0 Å². The smallest absolute Gasteiger partial charge is 0.224 e. The average Bonchev–Trinajstić information content (AvgIpc) is 2.88. The van der Waals surface area contributed by atoms with E-state index in [0.717, 1.165) is 31.3 Å². The molecule has 0 atom stereocenters. The molecule has 5 nitrogen and oxygen atoms in total. The van der Waals surface area contributed by atoms with Gasteiger partial charge in [-0.1, -0.05) is 12.8 Å². The Balaban J connectivity index is 1.77. The first-order valence-electron chi connectivity index (χ1n) is 7.22. The van der Waals surface area contributed by atoms with Crippen LogP contribution in [0.4, 0.5) is 11.8 Å². The highest BCUT2D eigenvalue weighted by Gasteiger charge is 2.15. The van der Waals surface area contributed by atoms with E-state index < -0.39 is 0 Å². The maximum absolute atomic E-state index is 4.51. The fraction of sp³-hybridized carbons (Fsp3) is 0.714. The summed E-state index contributed by atoms with van der Waals surface area (Å²) in [6, 6.07) is 2.49. The van der Waals surface area contributed by atoms with Crippen molar-refractivity contribution >= 4 is 11.8 Å². The molecular formula is C14H25N5. The maximum Gasteiger partial charge on any atom is 0.224 e. The number of nitrogens with zero attached hydrogens (tertiary/aromatic N) is 3. The number of aromatic nitrogens is 2. The van der Waals surface area contributed by atoms with Crippen LogP contribution in [0, 0.1) is 0 Å².